The van der Waals surface area contributed by atoms with E-state index >= 15 is 0 Å². The summed E-state index contributed by atoms with van der Waals surface area (Å²) >= 11 is 0. The standard InChI is InChI=1S/C27H41N3O5/c1-18(2)16-30(17-19(3)4)12-8-11-28-26(32)15-22(31)14-23-20(5)35-27(29-23)21-9-10-24(33-6)25(13-21)34-7/h9-10,13,18-19H,8,11-12,14-17H2,1-7H3,(H,28,32). The summed E-state index contributed by atoms with van der Waals surface area (Å²) in [5, 5.41) is 2.87. The zero-order chi connectivity index (χ0) is 26.0. The topological polar surface area (TPSA) is 93.9 Å². The molecule has 0 bridgehead atoms. The van der Waals surface area contributed by atoms with Crippen molar-refractivity contribution >= 4 is 11.7 Å². The Morgan fingerprint density at radius 2 is 1.71 bits per heavy atom. The van der Waals surface area contributed by atoms with Crippen molar-refractivity contribution in [1.29, 1.82) is 0 Å². The molecule has 0 aliphatic carbocycles. The van der Waals surface area contributed by atoms with Crippen molar-refractivity contribution < 1.29 is 23.5 Å². The molecule has 0 saturated heterocycles. The van der Waals surface area contributed by atoms with E-state index in [0.29, 0.717) is 52.8 Å². The van der Waals surface area contributed by atoms with Crippen molar-refractivity contribution in [3.8, 4) is 23.0 Å². The Morgan fingerprint density at radius 3 is 2.31 bits per heavy atom. The summed E-state index contributed by atoms with van der Waals surface area (Å²) in [7, 11) is 3.13. The van der Waals surface area contributed by atoms with Crippen LogP contribution < -0.4 is 14.8 Å². The van der Waals surface area contributed by atoms with Crippen molar-refractivity contribution in [3.63, 3.8) is 0 Å². The number of hydrogen-bond donors (Lipinski definition) is 1. The smallest absolute Gasteiger partial charge is 0.227 e. The van der Waals surface area contributed by atoms with Crippen molar-refractivity contribution in [3.05, 3.63) is 29.7 Å². The normalized spacial score (nSPS) is 11.4. The predicted octanol–water partition coefficient (Wildman–Crippen LogP) is 4.29. The van der Waals surface area contributed by atoms with E-state index in [1.807, 2.05) is 6.07 Å². The van der Waals surface area contributed by atoms with Gasteiger partial charge in [0.2, 0.25) is 11.8 Å². The van der Waals surface area contributed by atoms with Gasteiger partial charge < -0.3 is 24.1 Å². The summed E-state index contributed by atoms with van der Waals surface area (Å²) in [6.45, 7) is 14.2. The summed E-state index contributed by atoms with van der Waals surface area (Å²) in [6, 6.07) is 5.36. The Bertz CT molecular complexity index is 958. The van der Waals surface area contributed by atoms with Crippen LogP contribution in [0.2, 0.25) is 0 Å². The lowest BCUT2D eigenvalue weighted by Gasteiger charge is -2.26. The highest BCUT2D eigenvalue weighted by molar-refractivity contribution is 5.98. The minimum absolute atomic E-state index is 0.0482. The number of aromatic nitrogens is 1. The van der Waals surface area contributed by atoms with Crippen LogP contribution in [0.1, 0.15) is 52.0 Å². The third-order valence-electron chi connectivity index (χ3n) is 5.47. The molecule has 1 N–H and O–H groups in total. The fraction of sp³-hybridized carbons (Fsp3) is 0.593. The number of amides is 1. The highest BCUT2D eigenvalue weighted by atomic mass is 16.5. The zero-order valence-corrected chi connectivity index (χ0v) is 22.3. The zero-order valence-electron chi connectivity index (χ0n) is 22.3. The van der Waals surface area contributed by atoms with Gasteiger partial charge in [0.15, 0.2) is 11.5 Å². The van der Waals surface area contributed by atoms with Crippen LogP contribution in [-0.4, -0.2) is 62.0 Å². The van der Waals surface area contributed by atoms with Crippen LogP contribution in [0.3, 0.4) is 0 Å². The van der Waals surface area contributed by atoms with Crippen molar-refractivity contribution in [2.75, 3.05) is 40.4 Å². The first-order valence-corrected chi connectivity index (χ1v) is 12.3. The molecule has 0 unspecified atom stereocenters. The number of nitrogens with zero attached hydrogens (tertiary/aromatic N) is 2. The monoisotopic (exact) mass is 487 g/mol. The Hall–Kier alpha value is -2.87. The first kappa shape index (κ1) is 28.4. The van der Waals surface area contributed by atoms with Gasteiger partial charge in [0.25, 0.3) is 0 Å². The first-order chi connectivity index (χ1) is 16.6. The van der Waals surface area contributed by atoms with E-state index in [1.54, 1.807) is 33.3 Å². The molecule has 1 aromatic heterocycles. The maximum Gasteiger partial charge on any atom is 0.227 e. The van der Waals surface area contributed by atoms with Crippen LogP contribution in [0.5, 0.6) is 11.5 Å². The minimum Gasteiger partial charge on any atom is -0.493 e. The molecule has 8 heteroatoms. The molecule has 2 aromatic rings. The largest absolute Gasteiger partial charge is 0.493 e. The maximum absolute atomic E-state index is 12.5. The van der Waals surface area contributed by atoms with E-state index < -0.39 is 0 Å². The number of oxazole rings is 1. The molecular formula is C27H41N3O5. The highest BCUT2D eigenvalue weighted by Gasteiger charge is 2.18. The molecule has 8 nitrogen and oxygen atoms in total. The number of carbonyl (C=O) groups is 2. The van der Waals surface area contributed by atoms with Gasteiger partial charge in [-0.05, 0) is 49.9 Å². The number of hydrogen-bond acceptors (Lipinski definition) is 7. The number of Topliss-reactive ketones (excluding diaryl/α,β-unsaturated/α-hetero) is 1. The molecule has 0 fully saturated rings. The van der Waals surface area contributed by atoms with Gasteiger partial charge in [-0.3, -0.25) is 9.59 Å². The second kappa shape index (κ2) is 13.9. The van der Waals surface area contributed by atoms with Gasteiger partial charge in [0.05, 0.1) is 32.8 Å². The maximum atomic E-state index is 12.5. The fourth-order valence-electron chi connectivity index (χ4n) is 4.00. The third kappa shape index (κ3) is 9.36. The van der Waals surface area contributed by atoms with E-state index in [0.717, 1.165) is 26.1 Å². The van der Waals surface area contributed by atoms with Crippen molar-refractivity contribution in [1.82, 2.24) is 15.2 Å². The summed E-state index contributed by atoms with van der Waals surface area (Å²) in [6.07, 6.45) is 0.739. The fourth-order valence-corrected chi connectivity index (χ4v) is 4.00. The number of carbonyl (C=O) groups excluding carboxylic acids is 2. The van der Waals surface area contributed by atoms with Crippen molar-refractivity contribution in [2.24, 2.45) is 11.8 Å². The molecule has 0 spiro atoms. The molecule has 1 aromatic carbocycles. The van der Waals surface area contributed by atoms with Gasteiger partial charge in [-0.15, -0.1) is 0 Å². The second-order valence-electron chi connectivity index (χ2n) is 9.73. The average Bonchev–Trinajstić information content (AvgIpc) is 3.15. The Balaban J connectivity index is 1.85. The number of benzene rings is 1. The highest BCUT2D eigenvalue weighted by Crippen LogP contribution is 2.32. The van der Waals surface area contributed by atoms with E-state index in [4.69, 9.17) is 13.9 Å². The molecule has 194 valence electrons. The number of nitrogens with one attached hydrogen (secondary N) is 1. The van der Waals surface area contributed by atoms with Gasteiger partial charge in [-0.25, -0.2) is 4.98 Å². The Morgan fingerprint density at radius 1 is 1.06 bits per heavy atom. The molecule has 0 atom stereocenters. The van der Waals surface area contributed by atoms with Crippen LogP contribution in [0.25, 0.3) is 11.5 Å². The lowest BCUT2D eigenvalue weighted by molar-refractivity contribution is -0.127. The summed E-state index contributed by atoms with van der Waals surface area (Å²) < 4.78 is 16.4. The Kier molecular flexibility index (Phi) is 11.2. The number of ether oxygens (including phenoxy) is 2. The number of ketones is 1. The molecule has 0 radical (unpaired) electrons. The third-order valence-corrected chi connectivity index (χ3v) is 5.47. The molecule has 1 amide bonds. The predicted molar refractivity (Wildman–Crippen MR) is 137 cm³/mol. The summed E-state index contributed by atoms with van der Waals surface area (Å²) in [5.74, 6) is 2.87. The van der Waals surface area contributed by atoms with Crippen LogP contribution in [-0.2, 0) is 16.0 Å². The van der Waals surface area contributed by atoms with Gasteiger partial charge in [0.1, 0.15) is 11.5 Å². The molecule has 35 heavy (non-hydrogen) atoms. The quantitative estimate of drug-likeness (QED) is 0.296. The van der Waals surface area contributed by atoms with E-state index in [1.165, 1.54) is 0 Å². The van der Waals surface area contributed by atoms with Gasteiger partial charge in [-0.1, -0.05) is 27.7 Å². The van der Waals surface area contributed by atoms with E-state index in [2.05, 4.69) is 42.9 Å². The molecule has 0 saturated carbocycles. The SMILES string of the molecule is COc1ccc(-c2nc(CC(=O)CC(=O)NCCCN(CC(C)C)CC(C)C)c(C)o2)cc1OC. The lowest BCUT2D eigenvalue weighted by atomic mass is 10.1. The van der Waals surface area contributed by atoms with E-state index in [9.17, 15) is 9.59 Å². The number of rotatable bonds is 15. The first-order valence-electron chi connectivity index (χ1n) is 12.3. The lowest BCUT2D eigenvalue weighted by Crippen LogP contribution is -2.35. The van der Waals surface area contributed by atoms with Gasteiger partial charge >= 0.3 is 0 Å². The molecule has 2 rings (SSSR count). The van der Waals surface area contributed by atoms with Crippen LogP contribution in [0.15, 0.2) is 22.6 Å². The van der Waals surface area contributed by atoms with Gasteiger partial charge in [-0.2, -0.15) is 0 Å². The Labute approximate surface area is 209 Å². The average molecular weight is 488 g/mol. The molecule has 1 heterocycles. The second-order valence-corrected chi connectivity index (χ2v) is 9.73. The molecule has 0 aliphatic heterocycles. The number of methoxy groups -OCH3 is 2. The molecular weight excluding hydrogens is 446 g/mol. The summed E-state index contributed by atoms with van der Waals surface area (Å²) in [5.41, 5.74) is 1.25. The van der Waals surface area contributed by atoms with Crippen LogP contribution in [0, 0.1) is 18.8 Å². The van der Waals surface area contributed by atoms with E-state index in [-0.39, 0.29) is 24.5 Å². The number of aryl methyl sites for hydroxylation is 1. The minimum atomic E-state index is -0.254. The van der Waals surface area contributed by atoms with Crippen LogP contribution in [0.4, 0.5) is 0 Å². The summed E-state index contributed by atoms with van der Waals surface area (Å²) in [4.78, 5) is 31.7. The van der Waals surface area contributed by atoms with Crippen molar-refractivity contribution in [2.45, 2.75) is 53.9 Å². The molecule has 0 aliphatic rings. The van der Waals surface area contributed by atoms with Crippen LogP contribution >= 0.6 is 0 Å². The van der Waals surface area contributed by atoms with Gasteiger partial charge in [0, 0.05) is 25.2 Å².